The third kappa shape index (κ3) is 4.29. The van der Waals surface area contributed by atoms with Crippen LogP contribution in [-0.2, 0) is 6.42 Å². The molecule has 1 aromatic carbocycles. The van der Waals surface area contributed by atoms with E-state index in [0.29, 0.717) is 6.04 Å². The van der Waals surface area contributed by atoms with Crippen molar-refractivity contribution >= 4 is 0 Å². The van der Waals surface area contributed by atoms with Crippen LogP contribution in [-0.4, -0.2) is 24.7 Å². The van der Waals surface area contributed by atoms with E-state index in [1.807, 2.05) is 19.1 Å². The highest BCUT2D eigenvalue weighted by Gasteiger charge is 2.26. The van der Waals surface area contributed by atoms with Gasteiger partial charge in [0.05, 0.1) is 0 Å². The Labute approximate surface area is 115 Å². The fourth-order valence-electron chi connectivity index (χ4n) is 2.83. The van der Waals surface area contributed by atoms with Crippen molar-refractivity contribution in [1.29, 1.82) is 0 Å². The number of benzene rings is 1. The van der Waals surface area contributed by atoms with E-state index in [4.69, 9.17) is 0 Å². The quantitative estimate of drug-likeness (QED) is 0.874. The van der Waals surface area contributed by atoms with Crippen LogP contribution in [0.4, 0.5) is 4.39 Å². The summed E-state index contributed by atoms with van der Waals surface area (Å²) < 4.78 is 13.2. The molecule has 1 unspecified atom stereocenters. The molecular formula is C16H25FN2. The Morgan fingerprint density at radius 3 is 2.89 bits per heavy atom. The Morgan fingerprint density at radius 2 is 2.21 bits per heavy atom. The summed E-state index contributed by atoms with van der Waals surface area (Å²) in [5.74, 6) is -0.114. The molecule has 2 N–H and O–H groups in total. The lowest BCUT2D eigenvalue weighted by molar-refractivity contribution is 0.249. The van der Waals surface area contributed by atoms with Crippen molar-refractivity contribution in [3.63, 3.8) is 0 Å². The first-order valence-corrected chi connectivity index (χ1v) is 7.20. The van der Waals surface area contributed by atoms with Crippen LogP contribution in [0, 0.1) is 12.7 Å². The van der Waals surface area contributed by atoms with Crippen LogP contribution in [0.2, 0.25) is 0 Å². The zero-order valence-corrected chi connectivity index (χ0v) is 12.2. The van der Waals surface area contributed by atoms with Crippen LogP contribution in [0.5, 0.6) is 0 Å². The number of piperidine rings is 1. The van der Waals surface area contributed by atoms with Crippen molar-refractivity contribution in [1.82, 2.24) is 10.6 Å². The van der Waals surface area contributed by atoms with Crippen LogP contribution >= 0.6 is 0 Å². The van der Waals surface area contributed by atoms with Crippen LogP contribution < -0.4 is 10.6 Å². The van der Waals surface area contributed by atoms with E-state index in [0.717, 1.165) is 31.5 Å². The maximum Gasteiger partial charge on any atom is 0.126 e. The molecule has 2 nitrogen and oxygen atoms in total. The summed E-state index contributed by atoms with van der Waals surface area (Å²) in [7, 11) is 0. The lowest BCUT2D eigenvalue weighted by atomic mass is 9.89. The Bertz CT molecular complexity index is 429. The average Bonchev–Trinajstić information content (AvgIpc) is 2.32. The number of nitrogens with one attached hydrogen (secondary N) is 2. The van der Waals surface area contributed by atoms with Crippen LogP contribution in [0.1, 0.15) is 37.8 Å². The minimum atomic E-state index is -0.114. The van der Waals surface area contributed by atoms with Gasteiger partial charge in [-0.25, -0.2) is 4.39 Å². The molecule has 0 amide bonds. The van der Waals surface area contributed by atoms with E-state index >= 15 is 0 Å². The van der Waals surface area contributed by atoms with E-state index in [2.05, 4.69) is 24.5 Å². The molecule has 0 spiro atoms. The van der Waals surface area contributed by atoms with E-state index in [-0.39, 0.29) is 11.4 Å². The smallest absolute Gasteiger partial charge is 0.126 e. The molecule has 1 aromatic rings. The number of rotatable bonds is 4. The Morgan fingerprint density at radius 1 is 1.42 bits per heavy atom. The predicted molar refractivity (Wildman–Crippen MR) is 77.9 cm³/mol. The van der Waals surface area contributed by atoms with Crippen LogP contribution in [0.25, 0.3) is 0 Å². The van der Waals surface area contributed by atoms with Crippen molar-refractivity contribution in [2.45, 2.75) is 51.6 Å². The van der Waals surface area contributed by atoms with Gasteiger partial charge in [0.2, 0.25) is 0 Å². The molecule has 1 saturated heterocycles. The number of halogens is 1. The lowest BCUT2D eigenvalue weighted by Crippen LogP contribution is -2.52. The maximum atomic E-state index is 13.2. The molecule has 19 heavy (non-hydrogen) atoms. The van der Waals surface area contributed by atoms with Gasteiger partial charge in [-0.2, -0.15) is 0 Å². The first kappa shape index (κ1) is 14.5. The largest absolute Gasteiger partial charge is 0.314 e. The van der Waals surface area contributed by atoms with Crippen molar-refractivity contribution in [2.75, 3.05) is 13.1 Å². The molecule has 0 aliphatic carbocycles. The monoisotopic (exact) mass is 264 g/mol. The average molecular weight is 264 g/mol. The summed E-state index contributed by atoms with van der Waals surface area (Å²) >= 11 is 0. The Balaban J connectivity index is 1.78. The predicted octanol–water partition coefficient (Wildman–Crippen LogP) is 2.80. The van der Waals surface area contributed by atoms with Crippen LogP contribution in [0.15, 0.2) is 18.2 Å². The van der Waals surface area contributed by atoms with E-state index in [1.54, 1.807) is 6.07 Å². The highest BCUT2D eigenvalue weighted by Crippen LogP contribution is 2.18. The molecule has 106 valence electrons. The fraction of sp³-hybridized carbons (Fsp3) is 0.625. The van der Waals surface area contributed by atoms with Gasteiger partial charge < -0.3 is 10.6 Å². The molecule has 0 saturated carbocycles. The van der Waals surface area contributed by atoms with Gasteiger partial charge in [0, 0.05) is 11.6 Å². The highest BCUT2D eigenvalue weighted by molar-refractivity contribution is 5.24. The Kier molecular flexibility index (Phi) is 4.58. The van der Waals surface area contributed by atoms with Crippen molar-refractivity contribution < 1.29 is 4.39 Å². The highest BCUT2D eigenvalue weighted by atomic mass is 19.1. The van der Waals surface area contributed by atoms with Gasteiger partial charge in [-0.05, 0) is 70.3 Å². The SMILES string of the molecule is Cc1cc(CCNC2CCNC(C)(C)C2)ccc1F. The van der Waals surface area contributed by atoms with Gasteiger partial charge >= 0.3 is 0 Å². The van der Waals surface area contributed by atoms with Gasteiger partial charge in [0.1, 0.15) is 5.82 Å². The van der Waals surface area contributed by atoms with Crippen LogP contribution in [0.3, 0.4) is 0 Å². The second kappa shape index (κ2) is 6.02. The summed E-state index contributed by atoms with van der Waals surface area (Å²) in [5.41, 5.74) is 2.18. The van der Waals surface area contributed by atoms with E-state index in [9.17, 15) is 4.39 Å². The summed E-state index contributed by atoms with van der Waals surface area (Å²) in [6, 6.07) is 6.00. The molecule has 1 heterocycles. The summed E-state index contributed by atoms with van der Waals surface area (Å²) in [4.78, 5) is 0. The molecule has 0 radical (unpaired) electrons. The second-order valence-electron chi connectivity index (χ2n) is 6.29. The minimum absolute atomic E-state index is 0.114. The standard InChI is InChI=1S/C16H25FN2/c1-12-10-13(4-5-15(12)17)6-8-18-14-7-9-19-16(2,3)11-14/h4-5,10,14,18-19H,6-9,11H2,1-3H3. The molecule has 1 fully saturated rings. The van der Waals surface area contributed by atoms with Gasteiger partial charge in [-0.3, -0.25) is 0 Å². The van der Waals surface area contributed by atoms with Gasteiger partial charge in [-0.15, -0.1) is 0 Å². The molecule has 1 aliphatic heterocycles. The zero-order valence-electron chi connectivity index (χ0n) is 12.2. The fourth-order valence-corrected chi connectivity index (χ4v) is 2.83. The molecule has 0 aromatic heterocycles. The Hall–Kier alpha value is -0.930. The summed E-state index contributed by atoms with van der Waals surface area (Å²) in [6.07, 6.45) is 3.31. The van der Waals surface area contributed by atoms with Crippen molar-refractivity contribution in [3.8, 4) is 0 Å². The molecule has 3 heteroatoms. The van der Waals surface area contributed by atoms with Gasteiger partial charge in [0.25, 0.3) is 0 Å². The zero-order chi connectivity index (χ0) is 13.9. The minimum Gasteiger partial charge on any atom is -0.314 e. The number of hydrogen-bond acceptors (Lipinski definition) is 2. The number of hydrogen-bond donors (Lipinski definition) is 2. The lowest BCUT2D eigenvalue weighted by Gasteiger charge is -2.37. The first-order valence-electron chi connectivity index (χ1n) is 7.20. The summed E-state index contributed by atoms with van der Waals surface area (Å²) in [5, 5.41) is 7.15. The maximum absolute atomic E-state index is 13.2. The molecular weight excluding hydrogens is 239 g/mol. The second-order valence-corrected chi connectivity index (χ2v) is 6.29. The normalized spacial score (nSPS) is 22.4. The third-order valence-corrected chi connectivity index (χ3v) is 3.92. The van der Waals surface area contributed by atoms with Crippen molar-refractivity contribution in [2.24, 2.45) is 0 Å². The first-order chi connectivity index (χ1) is 8.96. The van der Waals surface area contributed by atoms with Gasteiger partial charge in [-0.1, -0.05) is 12.1 Å². The van der Waals surface area contributed by atoms with E-state index in [1.165, 1.54) is 12.0 Å². The van der Waals surface area contributed by atoms with E-state index < -0.39 is 0 Å². The third-order valence-electron chi connectivity index (χ3n) is 3.92. The molecule has 2 rings (SSSR count). The van der Waals surface area contributed by atoms with Crippen molar-refractivity contribution in [3.05, 3.63) is 35.1 Å². The van der Waals surface area contributed by atoms with Gasteiger partial charge in [0.15, 0.2) is 0 Å². The molecule has 1 atom stereocenters. The molecule has 0 bridgehead atoms. The number of aryl methyl sites for hydroxylation is 1. The topological polar surface area (TPSA) is 24.1 Å². The summed E-state index contributed by atoms with van der Waals surface area (Å²) in [6.45, 7) is 8.38. The molecule has 1 aliphatic rings.